The largest absolute Gasteiger partial charge is 0.481 e. The van der Waals surface area contributed by atoms with E-state index in [9.17, 15) is 13.2 Å². The van der Waals surface area contributed by atoms with Gasteiger partial charge in [0.25, 0.3) is 0 Å². The summed E-state index contributed by atoms with van der Waals surface area (Å²) in [6, 6.07) is 0. The summed E-state index contributed by atoms with van der Waals surface area (Å²) in [5.41, 5.74) is 0. The maximum absolute atomic E-state index is 11.4. The lowest BCUT2D eigenvalue weighted by Crippen LogP contribution is -2.21. The van der Waals surface area contributed by atoms with Crippen molar-refractivity contribution >= 4 is 15.8 Å². The SMILES string of the molecule is CCCS(=O)(=O)CCC(C)C(C)C(=O)O. The molecular weight excluding hydrogens is 216 g/mol. The number of carbonyl (C=O) groups is 1. The Bertz CT molecular complexity index is 295. The number of sulfone groups is 1. The van der Waals surface area contributed by atoms with Crippen molar-refractivity contribution in [2.45, 2.75) is 33.6 Å². The van der Waals surface area contributed by atoms with Gasteiger partial charge < -0.3 is 5.11 Å². The molecule has 0 aliphatic rings. The first-order chi connectivity index (χ1) is 6.80. The summed E-state index contributed by atoms with van der Waals surface area (Å²) in [5.74, 6) is -1.16. The fourth-order valence-electron chi connectivity index (χ4n) is 1.27. The lowest BCUT2D eigenvalue weighted by atomic mass is 9.94. The van der Waals surface area contributed by atoms with Gasteiger partial charge in [-0.3, -0.25) is 4.79 Å². The Morgan fingerprint density at radius 1 is 1.27 bits per heavy atom. The zero-order valence-electron chi connectivity index (χ0n) is 9.56. The van der Waals surface area contributed by atoms with Gasteiger partial charge in [-0.15, -0.1) is 0 Å². The average Bonchev–Trinajstić information content (AvgIpc) is 2.13. The second-order valence-corrected chi connectivity index (χ2v) is 6.35. The van der Waals surface area contributed by atoms with Crippen LogP contribution in [-0.4, -0.2) is 31.0 Å². The minimum atomic E-state index is -2.98. The van der Waals surface area contributed by atoms with Crippen LogP contribution in [0.25, 0.3) is 0 Å². The summed E-state index contributed by atoms with van der Waals surface area (Å²) >= 11 is 0. The molecule has 0 bridgehead atoms. The molecule has 4 nitrogen and oxygen atoms in total. The van der Waals surface area contributed by atoms with Crippen molar-refractivity contribution in [1.82, 2.24) is 0 Å². The van der Waals surface area contributed by atoms with Gasteiger partial charge in [0.1, 0.15) is 9.84 Å². The first kappa shape index (κ1) is 14.4. The van der Waals surface area contributed by atoms with E-state index in [-0.39, 0.29) is 17.4 Å². The topological polar surface area (TPSA) is 71.4 Å². The zero-order chi connectivity index (χ0) is 12.1. The van der Waals surface area contributed by atoms with Crippen LogP contribution in [0.3, 0.4) is 0 Å². The zero-order valence-corrected chi connectivity index (χ0v) is 10.4. The predicted octanol–water partition coefficient (Wildman–Crippen LogP) is 1.56. The maximum atomic E-state index is 11.4. The standard InChI is InChI=1S/C10H20O4S/c1-4-6-15(13,14)7-5-8(2)9(3)10(11)12/h8-9H,4-7H2,1-3H3,(H,11,12). The van der Waals surface area contributed by atoms with Crippen LogP contribution in [0.2, 0.25) is 0 Å². The third-order valence-electron chi connectivity index (χ3n) is 2.64. The number of rotatable bonds is 7. The Labute approximate surface area is 91.6 Å². The van der Waals surface area contributed by atoms with E-state index in [1.54, 1.807) is 13.8 Å². The normalized spacial score (nSPS) is 15.9. The fraction of sp³-hybridized carbons (Fsp3) is 0.900. The molecule has 5 heteroatoms. The average molecular weight is 236 g/mol. The third kappa shape index (κ3) is 5.77. The Kier molecular flexibility index (Phi) is 5.87. The summed E-state index contributed by atoms with van der Waals surface area (Å²) in [6.45, 7) is 5.21. The number of carboxylic acids is 1. The van der Waals surface area contributed by atoms with Crippen LogP contribution in [0.1, 0.15) is 33.6 Å². The van der Waals surface area contributed by atoms with Crippen LogP contribution in [0.15, 0.2) is 0 Å². The molecule has 0 radical (unpaired) electrons. The molecule has 0 spiro atoms. The fourth-order valence-corrected chi connectivity index (χ4v) is 2.83. The van der Waals surface area contributed by atoms with Gasteiger partial charge in [-0.1, -0.05) is 20.8 Å². The van der Waals surface area contributed by atoms with E-state index in [2.05, 4.69) is 0 Å². The van der Waals surface area contributed by atoms with Gasteiger partial charge in [-0.25, -0.2) is 8.42 Å². The summed E-state index contributed by atoms with van der Waals surface area (Å²) in [4.78, 5) is 10.6. The molecule has 0 fully saturated rings. The van der Waals surface area contributed by atoms with Gasteiger partial charge in [0, 0.05) is 5.75 Å². The van der Waals surface area contributed by atoms with Crippen molar-refractivity contribution in [3.05, 3.63) is 0 Å². The quantitative estimate of drug-likeness (QED) is 0.728. The van der Waals surface area contributed by atoms with E-state index in [0.717, 1.165) is 0 Å². The van der Waals surface area contributed by atoms with Gasteiger partial charge in [0.2, 0.25) is 0 Å². The van der Waals surface area contributed by atoms with Crippen LogP contribution in [0.5, 0.6) is 0 Å². The molecular formula is C10H20O4S. The van der Waals surface area contributed by atoms with Crippen molar-refractivity contribution < 1.29 is 18.3 Å². The molecule has 2 unspecified atom stereocenters. The minimum Gasteiger partial charge on any atom is -0.481 e. The molecule has 2 atom stereocenters. The molecule has 15 heavy (non-hydrogen) atoms. The minimum absolute atomic E-state index is 0.0969. The monoisotopic (exact) mass is 236 g/mol. The Morgan fingerprint density at radius 3 is 2.20 bits per heavy atom. The van der Waals surface area contributed by atoms with Gasteiger partial charge in [-0.2, -0.15) is 0 Å². The second-order valence-electron chi connectivity index (χ2n) is 4.04. The molecule has 0 rings (SSSR count). The van der Waals surface area contributed by atoms with Crippen molar-refractivity contribution in [1.29, 1.82) is 0 Å². The third-order valence-corrected chi connectivity index (χ3v) is 4.53. The van der Waals surface area contributed by atoms with Gasteiger partial charge in [0.05, 0.1) is 11.7 Å². The molecule has 0 amide bonds. The van der Waals surface area contributed by atoms with Crippen molar-refractivity contribution in [2.24, 2.45) is 11.8 Å². The molecule has 0 heterocycles. The smallest absolute Gasteiger partial charge is 0.306 e. The van der Waals surface area contributed by atoms with Crippen molar-refractivity contribution in [2.75, 3.05) is 11.5 Å². The van der Waals surface area contributed by atoms with E-state index in [0.29, 0.717) is 12.8 Å². The number of aliphatic carboxylic acids is 1. The van der Waals surface area contributed by atoms with Crippen LogP contribution in [0, 0.1) is 11.8 Å². The first-order valence-corrected chi connectivity index (χ1v) is 7.05. The molecule has 0 aromatic heterocycles. The highest BCUT2D eigenvalue weighted by atomic mass is 32.2. The summed E-state index contributed by atoms with van der Waals surface area (Å²) < 4.78 is 22.8. The van der Waals surface area contributed by atoms with Crippen molar-refractivity contribution in [3.63, 3.8) is 0 Å². The first-order valence-electron chi connectivity index (χ1n) is 5.23. The molecule has 0 saturated carbocycles. The molecule has 0 aliphatic heterocycles. The maximum Gasteiger partial charge on any atom is 0.306 e. The predicted molar refractivity (Wildman–Crippen MR) is 59.5 cm³/mol. The van der Waals surface area contributed by atoms with E-state index < -0.39 is 21.7 Å². The summed E-state index contributed by atoms with van der Waals surface area (Å²) in [6.07, 6.45) is 1.04. The van der Waals surface area contributed by atoms with Crippen LogP contribution >= 0.6 is 0 Å². The molecule has 0 aromatic carbocycles. The molecule has 90 valence electrons. The highest BCUT2D eigenvalue weighted by Crippen LogP contribution is 2.16. The second kappa shape index (κ2) is 6.10. The van der Waals surface area contributed by atoms with E-state index >= 15 is 0 Å². The Balaban J connectivity index is 4.11. The van der Waals surface area contributed by atoms with Crippen LogP contribution in [-0.2, 0) is 14.6 Å². The summed E-state index contributed by atoms with van der Waals surface area (Å²) in [7, 11) is -2.98. The van der Waals surface area contributed by atoms with E-state index in [4.69, 9.17) is 5.11 Å². The number of carboxylic acid groups (broad SMARTS) is 1. The Morgan fingerprint density at radius 2 is 1.80 bits per heavy atom. The van der Waals surface area contributed by atoms with Crippen LogP contribution in [0.4, 0.5) is 0 Å². The van der Waals surface area contributed by atoms with E-state index in [1.807, 2.05) is 6.92 Å². The van der Waals surface area contributed by atoms with Gasteiger partial charge >= 0.3 is 5.97 Å². The van der Waals surface area contributed by atoms with Gasteiger partial charge in [-0.05, 0) is 18.8 Å². The molecule has 1 N–H and O–H groups in total. The molecule has 0 aliphatic carbocycles. The molecule has 0 aromatic rings. The lowest BCUT2D eigenvalue weighted by Gasteiger charge is -2.15. The highest BCUT2D eigenvalue weighted by Gasteiger charge is 2.21. The highest BCUT2D eigenvalue weighted by molar-refractivity contribution is 7.91. The lowest BCUT2D eigenvalue weighted by molar-refractivity contribution is -0.142. The Hall–Kier alpha value is -0.580. The summed E-state index contributed by atoms with van der Waals surface area (Å²) in [5, 5.41) is 8.74. The van der Waals surface area contributed by atoms with Crippen molar-refractivity contribution in [3.8, 4) is 0 Å². The van der Waals surface area contributed by atoms with E-state index in [1.165, 1.54) is 0 Å². The number of hydrogen-bond donors (Lipinski definition) is 1. The number of hydrogen-bond acceptors (Lipinski definition) is 3. The van der Waals surface area contributed by atoms with Crippen LogP contribution < -0.4 is 0 Å². The van der Waals surface area contributed by atoms with Gasteiger partial charge in [0.15, 0.2) is 0 Å². The molecule has 0 saturated heterocycles.